The fourth-order valence-corrected chi connectivity index (χ4v) is 5.41. The number of carbonyl (C=O) groups excluding carboxylic acids is 1. The number of alkyl carbamates (subject to hydrolysis) is 1. The van der Waals surface area contributed by atoms with Crippen molar-refractivity contribution in [3.05, 3.63) is 64.8 Å². The number of aryl methyl sites for hydroxylation is 1. The summed E-state index contributed by atoms with van der Waals surface area (Å²) in [6.45, 7) is 11.5. The summed E-state index contributed by atoms with van der Waals surface area (Å²) in [7, 11) is 3.23. The van der Waals surface area contributed by atoms with E-state index < -0.39 is 11.7 Å². The van der Waals surface area contributed by atoms with Crippen LogP contribution < -0.4 is 20.1 Å². The fourth-order valence-electron chi connectivity index (χ4n) is 4.35. The molecule has 0 unspecified atom stereocenters. The van der Waals surface area contributed by atoms with Crippen LogP contribution in [0.2, 0.25) is 0 Å². The first kappa shape index (κ1) is 28.2. The third-order valence-electron chi connectivity index (χ3n) is 6.15. The van der Waals surface area contributed by atoms with Gasteiger partial charge in [-0.2, -0.15) is 0 Å². The summed E-state index contributed by atoms with van der Waals surface area (Å²) >= 11 is 1.70. The van der Waals surface area contributed by atoms with Crippen LogP contribution in [0.4, 0.5) is 10.6 Å². The van der Waals surface area contributed by atoms with E-state index in [-0.39, 0.29) is 12.1 Å². The van der Waals surface area contributed by atoms with E-state index in [1.807, 2.05) is 65.0 Å². The Balaban J connectivity index is 1.59. The van der Waals surface area contributed by atoms with Gasteiger partial charge in [-0.1, -0.05) is 24.3 Å². The predicted molar refractivity (Wildman–Crippen MR) is 157 cm³/mol. The van der Waals surface area contributed by atoms with Crippen molar-refractivity contribution in [1.82, 2.24) is 15.3 Å². The molecule has 0 spiro atoms. The minimum atomic E-state index is -0.556. The predicted octanol–water partition coefficient (Wildman–Crippen LogP) is 7.44. The van der Waals surface area contributed by atoms with E-state index in [2.05, 4.69) is 45.7 Å². The number of thiophene rings is 1. The van der Waals surface area contributed by atoms with Crippen LogP contribution >= 0.6 is 11.3 Å². The number of amides is 1. The van der Waals surface area contributed by atoms with Gasteiger partial charge < -0.3 is 24.8 Å². The Morgan fingerprint density at radius 3 is 2.33 bits per heavy atom. The molecule has 0 aliphatic heterocycles. The Morgan fingerprint density at radius 1 is 0.949 bits per heavy atom. The van der Waals surface area contributed by atoms with Crippen LogP contribution in [0.25, 0.3) is 21.3 Å². The van der Waals surface area contributed by atoms with Gasteiger partial charge in [0.15, 0.2) is 11.5 Å². The van der Waals surface area contributed by atoms with Crippen LogP contribution in [0.5, 0.6) is 11.5 Å². The topological polar surface area (TPSA) is 94.6 Å². The molecule has 0 saturated heterocycles. The van der Waals surface area contributed by atoms with Crippen LogP contribution in [0.15, 0.2) is 48.5 Å². The van der Waals surface area contributed by atoms with Gasteiger partial charge in [0.25, 0.3) is 0 Å². The lowest BCUT2D eigenvalue weighted by Crippen LogP contribution is -2.34. The molecule has 2 aromatic heterocycles. The number of aromatic nitrogens is 2. The normalized spacial score (nSPS) is 13.0. The van der Waals surface area contributed by atoms with E-state index in [4.69, 9.17) is 14.2 Å². The van der Waals surface area contributed by atoms with Crippen molar-refractivity contribution < 1.29 is 19.0 Å². The van der Waals surface area contributed by atoms with E-state index in [0.717, 1.165) is 37.6 Å². The molecule has 39 heavy (non-hydrogen) atoms. The highest BCUT2D eigenvalue weighted by Gasteiger charge is 2.21. The van der Waals surface area contributed by atoms with Crippen molar-refractivity contribution in [2.75, 3.05) is 19.5 Å². The molecule has 8 nitrogen and oxygen atoms in total. The maximum Gasteiger partial charge on any atom is 0.408 e. The molecule has 2 atom stereocenters. The quantitative estimate of drug-likeness (QED) is 0.236. The number of methoxy groups -OCH3 is 2. The SMILES string of the molecule is COc1cc2nc(C)nc(N[C@H](C)c3ccc(-c4ccccc4[C@@H](C)NC(=O)OC(C)(C)C)s3)c2cc1OC. The average Bonchev–Trinajstić information content (AvgIpc) is 3.37. The highest BCUT2D eigenvalue weighted by atomic mass is 32.1. The monoisotopic (exact) mass is 548 g/mol. The van der Waals surface area contributed by atoms with Crippen LogP contribution in [0, 0.1) is 6.92 Å². The lowest BCUT2D eigenvalue weighted by Gasteiger charge is -2.23. The smallest absolute Gasteiger partial charge is 0.408 e. The molecule has 1 amide bonds. The van der Waals surface area contributed by atoms with Gasteiger partial charge in [0.2, 0.25) is 0 Å². The number of nitrogens with one attached hydrogen (secondary N) is 2. The van der Waals surface area contributed by atoms with E-state index >= 15 is 0 Å². The second kappa shape index (κ2) is 11.5. The molecule has 9 heteroatoms. The van der Waals surface area contributed by atoms with E-state index in [1.165, 1.54) is 0 Å². The van der Waals surface area contributed by atoms with E-state index in [9.17, 15) is 4.79 Å². The number of fused-ring (bicyclic) bond motifs is 1. The summed E-state index contributed by atoms with van der Waals surface area (Å²) in [6, 6.07) is 15.9. The van der Waals surface area contributed by atoms with Crippen LogP contribution in [0.3, 0.4) is 0 Å². The molecule has 0 aliphatic carbocycles. The molecule has 0 saturated carbocycles. The third-order valence-corrected chi connectivity index (χ3v) is 7.45. The summed E-state index contributed by atoms with van der Waals surface area (Å²) in [5.41, 5.74) is 2.32. The molecule has 206 valence electrons. The summed E-state index contributed by atoms with van der Waals surface area (Å²) in [6.07, 6.45) is -0.434. The Labute approximate surface area is 233 Å². The van der Waals surface area contributed by atoms with Crippen molar-refractivity contribution >= 4 is 34.2 Å². The molecule has 2 heterocycles. The highest BCUT2D eigenvalue weighted by molar-refractivity contribution is 7.15. The second-order valence-electron chi connectivity index (χ2n) is 10.4. The van der Waals surface area contributed by atoms with Gasteiger partial charge in [-0.3, -0.25) is 0 Å². The van der Waals surface area contributed by atoms with Crippen LogP contribution in [-0.2, 0) is 4.74 Å². The summed E-state index contributed by atoms with van der Waals surface area (Å²) in [5.74, 6) is 2.64. The largest absolute Gasteiger partial charge is 0.493 e. The van der Waals surface area contributed by atoms with Crippen molar-refractivity contribution in [1.29, 1.82) is 0 Å². The van der Waals surface area contributed by atoms with Gasteiger partial charge in [0, 0.05) is 21.2 Å². The van der Waals surface area contributed by atoms with Crippen molar-refractivity contribution in [2.45, 2.75) is 59.2 Å². The maximum absolute atomic E-state index is 12.4. The number of ether oxygens (including phenoxy) is 3. The van der Waals surface area contributed by atoms with Gasteiger partial charge in [-0.15, -0.1) is 11.3 Å². The van der Waals surface area contributed by atoms with E-state index in [0.29, 0.717) is 17.3 Å². The van der Waals surface area contributed by atoms with Gasteiger partial charge in [-0.25, -0.2) is 14.8 Å². The molecule has 0 bridgehead atoms. The zero-order valence-electron chi connectivity index (χ0n) is 23.7. The Morgan fingerprint density at radius 2 is 1.64 bits per heavy atom. The lowest BCUT2D eigenvalue weighted by atomic mass is 10.0. The van der Waals surface area contributed by atoms with Crippen LogP contribution in [-0.4, -0.2) is 35.9 Å². The highest BCUT2D eigenvalue weighted by Crippen LogP contribution is 2.38. The third kappa shape index (κ3) is 6.60. The Hall–Kier alpha value is -3.85. The fraction of sp³-hybridized carbons (Fsp3) is 0.367. The Kier molecular flexibility index (Phi) is 8.30. The first-order chi connectivity index (χ1) is 18.5. The van der Waals surface area contributed by atoms with Crippen molar-refractivity contribution in [3.63, 3.8) is 0 Å². The number of rotatable bonds is 8. The van der Waals surface area contributed by atoms with Gasteiger partial charge in [0.05, 0.1) is 31.8 Å². The molecule has 0 radical (unpaired) electrons. The van der Waals surface area contributed by atoms with Gasteiger partial charge in [-0.05, 0) is 70.9 Å². The number of anilines is 1. The number of carbonyl (C=O) groups is 1. The Bertz CT molecular complexity index is 1480. The molecule has 0 fully saturated rings. The van der Waals surface area contributed by atoms with E-state index in [1.54, 1.807) is 25.6 Å². The zero-order valence-corrected chi connectivity index (χ0v) is 24.5. The molecule has 0 aliphatic rings. The first-order valence-electron chi connectivity index (χ1n) is 12.8. The van der Waals surface area contributed by atoms with Crippen molar-refractivity contribution in [3.8, 4) is 21.9 Å². The molecule has 4 rings (SSSR count). The molecular formula is C30H36N4O4S. The average molecular weight is 549 g/mol. The van der Waals surface area contributed by atoms with Crippen molar-refractivity contribution in [2.24, 2.45) is 0 Å². The minimum Gasteiger partial charge on any atom is -0.493 e. The molecule has 2 aromatic carbocycles. The number of hydrogen-bond acceptors (Lipinski definition) is 8. The van der Waals surface area contributed by atoms with Gasteiger partial charge >= 0.3 is 6.09 Å². The molecule has 4 aromatic rings. The summed E-state index contributed by atoms with van der Waals surface area (Å²) < 4.78 is 16.4. The molecule has 2 N–H and O–H groups in total. The minimum absolute atomic E-state index is 0.0150. The number of nitrogens with zero attached hydrogens (tertiary/aromatic N) is 2. The first-order valence-corrected chi connectivity index (χ1v) is 13.7. The summed E-state index contributed by atoms with van der Waals surface area (Å²) in [5, 5.41) is 7.39. The van der Waals surface area contributed by atoms with Gasteiger partial charge in [0.1, 0.15) is 17.2 Å². The zero-order chi connectivity index (χ0) is 28.3. The summed E-state index contributed by atoms with van der Waals surface area (Å²) in [4.78, 5) is 23.9. The molecular weight excluding hydrogens is 512 g/mol. The number of benzene rings is 2. The standard InChI is InChI=1S/C30H36N4O4S/c1-17(32-29(35)38-30(4,5)6)20-11-9-10-12-21(20)27-14-13-26(39-27)18(2)31-28-22-15-24(36-7)25(37-8)16-23(22)33-19(3)34-28/h9-18H,1-8H3,(H,32,35)(H,31,33,34)/t17-,18-/m1/s1. The number of hydrogen-bond donors (Lipinski definition) is 2. The lowest BCUT2D eigenvalue weighted by molar-refractivity contribution is 0.0508. The maximum atomic E-state index is 12.4. The second-order valence-corrected chi connectivity index (χ2v) is 11.5. The van der Waals surface area contributed by atoms with Crippen LogP contribution in [0.1, 0.15) is 63.0 Å².